The highest BCUT2D eigenvalue weighted by Crippen LogP contribution is 2.33. The van der Waals surface area contributed by atoms with Crippen LogP contribution in [0.5, 0.6) is 5.75 Å². The minimum atomic E-state index is -0.576. The molecule has 0 spiro atoms. The fourth-order valence-electron chi connectivity index (χ4n) is 3.14. The van der Waals surface area contributed by atoms with Gasteiger partial charge in [0.05, 0.1) is 24.5 Å². The van der Waals surface area contributed by atoms with Crippen LogP contribution in [0.2, 0.25) is 0 Å². The number of methoxy groups -OCH3 is 1. The zero-order valence-electron chi connectivity index (χ0n) is 15.7. The summed E-state index contributed by atoms with van der Waals surface area (Å²) in [7, 11) is 1.53. The molecule has 2 aromatic heterocycles. The number of nitrogens with two attached hydrogens (primary N) is 1. The number of ether oxygens (including phenoxy) is 1. The van der Waals surface area contributed by atoms with Gasteiger partial charge in [-0.3, -0.25) is 0 Å². The van der Waals surface area contributed by atoms with Gasteiger partial charge in [0.25, 0.3) is 0 Å². The number of nitrogens with one attached hydrogen (secondary N) is 1. The number of nitrogens with zero attached hydrogens (tertiary/aromatic N) is 6. The quantitative estimate of drug-likeness (QED) is 0.528. The molecule has 9 nitrogen and oxygen atoms in total. The third-order valence-electron chi connectivity index (χ3n) is 4.65. The Bertz CT molecular complexity index is 1040. The summed E-state index contributed by atoms with van der Waals surface area (Å²) >= 11 is 0. The highest BCUT2D eigenvalue weighted by molar-refractivity contribution is 5.74. The van der Waals surface area contributed by atoms with Crippen LogP contribution in [-0.2, 0) is 0 Å². The number of aromatic nitrogens is 4. The fourth-order valence-corrected chi connectivity index (χ4v) is 3.14. The summed E-state index contributed by atoms with van der Waals surface area (Å²) < 4.78 is 21.2. The molecule has 1 saturated heterocycles. The summed E-state index contributed by atoms with van der Waals surface area (Å²) in [6.07, 6.45) is 1.79. The number of piperidine rings is 1. The van der Waals surface area contributed by atoms with Gasteiger partial charge in [0.2, 0.25) is 5.65 Å². The first-order valence-electron chi connectivity index (χ1n) is 9.05. The van der Waals surface area contributed by atoms with Crippen molar-refractivity contribution in [3.63, 3.8) is 0 Å². The van der Waals surface area contributed by atoms with Crippen LogP contribution >= 0.6 is 0 Å². The van der Waals surface area contributed by atoms with E-state index in [2.05, 4.69) is 30.7 Å². The van der Waals surface area contributed by atoms with E-state index in [-0.39, 0.29) is 17.4 Å². The van der Waals surface area contributed by atoms with Gasteiger partial charge in [-0.15, -0.1) is 14.8 Å². The molecular formula is C18H21FN8O. The van der Waals surface area contributed by atoms with Gasteiger partial charge in [0.1, 0.15) is 11.5 Å². The van der Waals surface area contributed by atoms with E-state index in [4.69, 9.17) is 10.5 Å². The standard InChI is InChI=1S/C18H21FN8O/c1-10-22-18-16(28-2)9-14(26-27(18)25-10)11-7-13(19)17(20)15(8-11)24-23-12-3-5-21-6-4-12/h7-9,12,21H,3-6,20H2,1-2H3. The Kier molecular flexibility index (Phi) is 4.86. The Morgan fingerprint density at radius 3 is 2.79 bits per heavy atom. The van der Waals surface area contributed by atoms with Crippen LogP contribution in [0, 0.1) is 12.7 Å². The molecular weight excluding hydrogens is 363 g/mol. The average molecular weight is 384 g/mol. The summed E-state index contributed by atoms with van der Waals surface area (Å²) in [5.41, 5.74) is 7.58. The minimum Gasteiger partial charge on any atom is -0.493 e. The van der Waals surface area contributed by atoms with Crippen LogP contribution in [0.4, 0.5) is 15.8 Å². The Hall–Kier alpha value is -3.14. The number of hydrogen-bond acceptors (Lipinski definition) is 8. The summed E-state index contributed by atoms with van der Waals surface area (Å²) in [5.74, 6) is 0.469. The van der Waals surface area contributed by atoms with Crippen molar-refractivity contribution in [1.82, 2.24) is 25.1 Å². The fraction of sp³-hybridized carbons (Fsp3) is 0.389. The van der Waals surface area contributed by atoms with E-state index in [1.165, 1.54) is 17.8 Å². The van der Waals surface area contributed by atoms with Crippen molar-refractivity contribution in [1.29, 1.82) is 0 Å². The Labute approximate surface area is 160 Å². The van der Waals surface area contributed by atoms with Crippen molar-refractivity contribution in [3.8, 4) is 17.0 Å². The Morgan fingerprint density at radius 1 is 1.25 bits per heavy atom. The van der Waals surface area contributed by atoms with Crippen LogP contribution < -0.4 is 15.8 Å². The van der Waals surface area contributed by atoms with E-state index in [9.17, 15) is 4.39 Å². The second-order valence-electron chi connectivity index (χ2n) is 6.66. The Balaban J connectivity index is 1.74. The second-order valence-corrected chi connectivity index (χ2v) is 6.66. The molecule has 1 aromatic carbocycles. The maximum atomic E-state index is 14.5. The number of hydrogen-bond donors (Lipinski definition) is 2. The van der Waals surface area contributed by atoms with Gasteiger partial charge in [-0.1, -0.05) is 0 Å². The van der Waals surface area contributed by atoms with Crippen molar-refractivity contribution in [2.45, 2.75) is 25.8 Å². The van der Waals surface area contributed by atoms with Crippen LogP contribution in [0.25, 0.3) is 16.9 Å². The molecule has 0 aliphatic carbocycles. The number of halogens is 1. The molecule has 0 radical (unpaired) electrons. The molecule has 1 fully saturated rings. The van der Waals surface area contributed by atoms with Crippen molar-refractivity contribution in [2.24, 2.45) is 10.2 Å². The SMILES string of the molecule is COc1cc(-c2cc(F)c(N)c(N=NC3CCNCC3)c2)nn2nc(C)nc12. The maximum Gasteiger partial charge on any atom is 0.218 e. The first-order valence-corrected chi connectivity index (χ1v) is 9.05. The molecule has 3 aromatic rings. The smallest absolute Gasteiger partial charge is 0.218 e. The van der Waals surface area contributed by atoms with Gasteiger partial charge in [-0.2, -0.15) is 10.2 Å². The third kappa shape index (κ3) is 3.50. The molecule has 1 aliphatic heterocycles. The normalized spacial score (nSPS) is 15.5. The predicted octanol–water partition coefficient (Wildman–Crippen LogP) is 2.67. The van der Waals surface area contributed by atoms with E-state index >= 15 is 0 Å². The zero-order chi connectivity index (χ0) is 19.7. The van der Waals surface area contributed by atoms with Crippen LogP contribution in [0.15, 0.2) is 28.4 Å². The molecule has 1 aliphatic rings. The van der Waals surface area contributed by atoms with E-state index in [0.29, 0.717) is 28.5 Å². The average Bonchev–Trinajstić information content (AvgIpc) is 3.09. The lowest BCUT2D eigenvalue weighted by atomic mass is 10.1. The Morgan fingerprint density at radius 2 is 2.04 bits per heavy atom. The van der Waals surface area contributed by atoms with Gasteiger partial charge in [0.15, 0.2) is 11.6 Å². The molecule has 0 atom stereocenters. The van der Waals surface area contributed by atoms with Crippen molar-refractivity contribution >= 4 is 17.0 Å². The van der Waals surface area contributed by atoms with Crippen molar-refractivity contribution in [2.75, 3.05) is 25.9 Å². The number of azo groups is 1. The molecule has 0 unspecified atom stereocenters. The molecule has 10 heteroatoms. The van der Waals surface area contributed by atoms with Gasteiger partial charge in [0, 0.05) is 11.6 Å². The topological polar surface area (TPSA) is 115 Å². The predicted molar refractivity (Wildman–Crippen MR) is 102 cm³/mol. The second kappa shape index (κ2) is 7.47. The molecule has 3 heterocycles. The van der Waals surface area contributed by atoms with Crippen molar-refractivity contribution in [3.05, 3.63) is 29.8 Å². The van der Waals surface area contributed by atoms with Gasteiger partial charge >= 0.3 is 0 Å². The van der Waals surface area contributed by atoms with E-state index < -0.39 is 5.82 Å². The number of anilines is 1. The van der Waals surface area contributed by atoms with Gasteiger partial charge in [-0.25, -0.2) is 9.37 Å². The van der Waals surface area contributed by atoms with E-state index in [1.54, 1.807) is 19.1 Å². The molecule has 28 heavy (non-hydrogen) atoms. The number of benzene rings is 1. The summed E-state index contributed by atoms with van der Waals surface area (Å²) in [6, 6.07) is 4.78. The maximum absolute atomic E-state index is 14.5. The van der Waals surface area contributed by atoms with Gasteiger partial charge in [-0.05, 0) is 45.0 Å². The first-order chi connectivity index (χ1) is 13.5. The lowest BCUT2D eigenvalue weighted by molar-refractivity contribution is 0.415. The number of aryl methyl sites for hydroxylation is 1. The molecule has 0 amide bonds. The number of fused-ring (bicyclic) bond motifs is 1. The summed E-state index contributed by atoms with van der Waals surface area (Å²) in [5, 5.41) is 20.5. The van der Waals surface area contributed by atoms with Crippen LogP contribution in [0.3, 0.4) is 0 Å². The lowest BCUT2D eigenvalue weighted by Gasteiger charge is -2.17. The number of nitrogen functional groups attached to an aromatic ring is 1. The van der Waals surface area contributed by atoms with E-state index in [0.717, 1.165) is 25.9 Å². The molecule has 0 bridgehead atoms. The van der Waals surface area contributed by atoms with Gasteiger partial charge < -0.3 is 15.8 Å². The zero-order valence-corrected chi connectivity index (χ0v) is 15.7. The molecule has 0 saturated carbocycles. The molecule has 3 N–H and O–H groups in total. The van der Waals surface area contributed by atoms with Crippen LogP contribution in [0.1, 0.15) is 18.7 Å². The first kappa shape index (κ1) is 18.2. The number of rotatable bonds is 4. The summed E-state index contributed by atoms with van der Waals surface area (Å²) in [6.45, 7) is 3.55. The van der Waals surface area contributed by atoms with Crippen molar-refractivity contribution < 1.29 is 9.13 Å². The minimum absolute atomic E-state index is 0.0360. The highest BCUT2D eigenvalue weighted by Gasteiger charge is 2.16. The largest absolute Gasteiger partial charge is 0.493 e. The third-order valence-corrected chi connectivity index (χ3v) is 4.65. The molecule has 146 valence electrons. The lowest BCUT2D eigenvalue weighted by Crippen LogP contribution is -2.29. The monoisotopic (exact) mass is 384 g/mol. The highest BCUT2D eigenvalue weighted by atomic mass is 19.1. The van der Waals surface area contributed by atoms with Crippen LogP contribution in [-0.4, -0.2) is 46.1 Å². The molecule has 4 rings (SSSR count). The summed E-state index contributed by atoms with van der Waals surface area (Å²) in [4.78, 5) is 4.28. The van der Waals surface area contributed by atoms with E-state index in [1.807, 2.05) is 0 Å².